The number of amides is 1. The summed E-state index contributed by atoms with van der Waals surface area (Å²) in [5.74, 6) is 0.0856. The molecular weight excluding hydrogens is 180 g/mol. The van der Waals surface area contributed by atoms with Crippen LogP contribution < -0.4 is 5.73 Å². The number of hydrogen-bond acceptors (Lipinski definition) is 3. The fourth-order valence-electron chi connectivity index (χ4n) is 1.79. The van der Waals surface area contributed by atoms with Gasteiger partial charge >= 0.3 is 0 Å². The maximum absolute atomic E-state index is 11.6. The summed E-state index contributed by atoms with van der Waals surface area (Å²) >= 11 is 0. The van der Waals surface area contributed by atoms with Crippen molar-refractivity contribution in [1.29, 1.82) is 0 Å². The number of hydrogen-bond donors (Lipinski definition) is 2. The van der Waals surface area contributed by atoms with E-state index in [1.54, 1.807) is 4.90 Å². The Morgan fingerprint density at radius 3 is 2.93 bits per heavy atom. The second-order valence-corrected chi connectivity index (χ2v) is 4.04. The molecule has 82 valence electrons. The van der Waals surface area contributed by atoms with Gasteiger partial charge in [-0.2, -0.15) is 0 Å². The molecule has 2 atom stereocenters. The summed E-state index contributed by atoms with van der Waals surface area (Å²) in [6.07, 6.45) is 2.69. The zero-order valence-electron chi connectivity index (χ0n) is 8.78. The van der Waals surface area contributed by atoms with Crippen LogP contribution in [0.25, 0.3) is 0 Å². The standard InChI is InChI=1S/C10H20N2O2/c1-2-3-8(11)6-10(14)12-5-4-9(13)7-12/h8-9,13H,2-7,11H2,1H3. The van der Waals surface area contributed by atoms with Crippen LogP contribution in [0.5, 0.6) is 0 Å². The van der Waals surface area contributed by atoms with Crippen molar-refractivity contribution < 1.29 is 9.90 Å². The van der Waals surface area contributed by atoms with Gasteiger partial charge in [-0.15, -0.1) is 0 Å². The van der Waals surface area contributed by atoms with Crippen LogP contribution in [0.3, 0.4) is 0 Å². The molecule has 14 heavy (non-hydrogen) atoms. The van der Waals surface area contributed by atoms with Gasteiger partial charge in [0.15, 0.2) is 0 Å². The van der Waals surface area contributed by atoms with E-state index >= 15 is 0 Å². The first kappa shape index (κ1) is 11.5. The van der Waals surface area contributed by atoms with Crippen LogP contribution in [0.1, 0.15) is 32.6 Å². The number of carbonyl (C=O) groups excluding carboxylic acids is 1. The number of rotatable bonds is 4. The summed E-state index contributed by atoms with van der Waals surface area (Å²) in [6.45, 7) is 3.22. The second kappa shape index (κ2) is 5.32. The largest absolute Gasteiger partial charge is 0.391 e. The van der Waals surface area contributed by atoms with Crippen molar-refractivity contribution in [1.82, 2.24) is 4.90 Å². The van der Waals surface area contributed by atoms with E-state index in [9.17, 15) is 9.90 Å². The van der Waals surface area contributed by atoms with Crippen LogP contribution in [-0.4, -0.2) is 41.1 Å². The summed E-state index contributed by atoms with van der Waals surface area (Å²) in [4.78, 5) is 13.3. The molecular formula is C10H20N2O2. The zero-order chi connectivity index (χ0) is 10.6. The average molecular weight is 200 g/mol. The highest BCUT2D eigenvalue weighted by Crippen LogP contribution is 2.11. The average Bonchev–Trinajstić information content (AvgIpc) is 2.52. The van der Waals surface area contributed by atoms with Gasteiger partial charge in [0.2, 0.25) is 5.91 Å². The van der Waals surface area contributed by atoms with Crippen molar-refractivity contribution in [3.63, 3.8) is 0 Å². The fourth-order valence-corrected chi connectivity index (χ4v) is 1.79. The summed E-state index contributed by atoms with van der Waals surface area (Å²) in [5.41, 5.74) is 5.78. The van der Waals surface area contributed by atoms with Gasteiger partial charge in [-0.25, -0.2) is 0 Å². The van der Waals surface area contributed by atoms with Crippen molar-refractivity contribution in [2.45, 2.75) is 44.8 Å². The first-order valence-electron chi connectivity index (χ1n) is 5.35. The van der Waals surface area contributed by atoms with Gasteiger partial charge < -0.3 is 15.7 Å². The number of likely N-dealkylation sites (tertiary alicyclic amines) is 1. The van der Waals surface area contributed by atoms with E-state index in [-0.39, 0.29) is 18.1 Å². The van der Waals surface area contributed by atoms with E-state index in [0.717, 1.165) is 12.8 Å². The van der Waals surface area contributed by atoms with E-state index in [1.807, 2.05) is 0 Å². The molecule has 4 nitrogen and oxygen atoms in total. The highest BCUT2D eigenvalue weighted by Gasteiger charge is 2.25. The lowest BCUT2D eigenvalue weighted by molar-refractivity contribution is -0.130. The zero-order valence-corrected chi connectivity index (χ0v) is 8.78. The molecule has 4 heteroatoms. The van der Waals surface area contributed by atoms with Crippen molar-refractivity contribution in [3.8, 4) is 0 Å². The molecule has 1 saturated heterocycles. The monoisotopic (exact) mass is 200 g/mol. The van der Waals surface area contributed by atoms with Crippen LogP contribution in [0, 0.1) is 0 Å². The van der Waals surface area contributed by atoms with E-state index in [0.29, 0.717) is 25.9 Å². The molecule has 0 aromatic rings. The highest BCUT2D eigenvalue weighted by molar-refractivity contribution is 5.77. The smallest absolute Gasteiger partial charge is 0.224 e. The van der Waals surface area contributed by atoms with Crippen LogP contribution in [0.2, 0.25) is 0 Å². The van der Waals surface area contributed by atoms with Crippen molar-refractivity contribution >= 4 is 5.91 Å². The lowest BCUT2D eigenvalue weighted by Crippen LogP contribution is -2.34. The number of nitrogens with zero attached hydrogens (tertiary/aromatic N) is 1. The quantitative estimate of drug-likeness (QED) is 0.676. The third-order valence-corrected chi connectivity index (χ3v) is 2.61. The number of β-amino-alcohol motifs (C(OH)–C–C–N with tert-alkyl or cyclic N) is 1. The van der Waals surface area contributed by atoms with Crippen LogP contribution >= 0.6 is 0 Å². The molecule has 1 aliphatic rings. The predicted octanol–water partition coefficient (Wildman–Crippen LogP) is 0.0971. The fraction of sp³-hybridized carbons (Fsp3) is 0.900. The second-order valence-electron chi connectivity index (χ2n) is 4.04. The molecule has 3 N–H and O–H groups in total. The molecule has 0 spiro atoms. The number of aliphatic hydroxyl groups excluding tert-OH is 1. The van der Waals surface area contributed by atoms with Crippen LogP contribution in [-0.2, 0) is 4.79 Å². The van der Waals surface area contributed by atoms with E-state index in [1.165, 1.54) is 0 Å². The maximum atomic E-state index is 11.6. The van der Waals surface area contributed by atoms with Crippen molar-refractivity contribution in [2.75, 3.05) is 13.1 Å². The molecule has 0 aliphatic carbocycles. The van der Waals surface area contributed by atoms with Gasteiger partial charge in [0.1, 0.15) is 0 Å². The Morgan fingerprint density at radius 2 is 2.43 bits per heavy atom. The molecule has 0 aromatic heterocycles. The minimum atomic E-state index is -0.332. The molecule has 0 bridgehead atoms. The van der Waals surface area contributed by atoms with Gasteiger partial charge in [0, 0.05) is 25.6 Å². The summed E-state index contributed by atoms with van der Waals surface area (Å²) in [5, 5.41) is 9.26. The van der Waals surface area contributed by atoms with Gasteiger partial charge in [-0.3, -0.25) is 4.79 Å². The van der Waals surface area contributed by atoms with Gasteiger partial charge in [-0.1, -0.05) is 13.3 Å². The topological polar surface area (TPSA) is 66.6 Å². The molecule has 0 radical (unpaired) electrons. The Hall–Kier alpha value is -0.610. The third kappa shape index (κ3) is 3.27. The summed E-state index contributed by atoms with van der Waals surface area (Å²) < 4.78 is 0. The molecule has 2 unspecified atom stereocenters. The molecule has 1 heterocycles. The SMILES string of the molecule is CCCC(N)CC(=O)N1CCC(O)C1. The first-order valence-corrected chi connectivity index (χ1v) is 5.35. The summed E-state index contributed by atoms with van der Waals surface area (Å²) in [6, 6.07) is -0.0229. The Morgan fingerprint density at radius 1 is 1.71 bits per heavy atom. The van der Waals surface area contributed by atoms with Gasteiger partial charge in [0.25, 0.3) is 0 Å². The van der Waals surface area contributed by atoms with Gasteiger partial charge in [0.05, 0.1) is 6.10 Å². The number of aliphatic hydroxyl groups is 1. The molecule has 1 fully saturated rings. The first-order chi connectivity index (χ1) is 6.63. The van der Waals surface area contributed by atoms with Crippen molar-refractivity contribution in [3.05, 3.63) is 0 Å². The lowest BCUT2D eigenvalue weighted by atomic mass is 10.1. The van der Waals surface area contributed by atoms with Crippen LogP contribution in [0.4, 0.5) is 0 Å². The Balaban J connectivity index is 2.27. The molecule has 1 aliphatic heterocycles. The normalized spacial score (nSPS) is 23.9. The Bertz CT molecular complexity index is 197. The van der Waals surface area contributed by atoms with E-state index in [2.05, 4.69) is 6.92 Å². The molecule has 1 rings (SSSR count). The Labute approximate surface area is 85.1 Å². The molecule has 1 amide bonds. The maximum Gasteiger partial charge on any atom is 0.224 e. The predicted molar refractivity (Wildman–Crippen MR) is 54.7 cm³/mol. The minimum Gasteiger partial charge on any atom is -0.391 e. The highest BCUT2D eigenvalue weighted by atomic mass is 16.3. The third-order valence-electron chi connectivity index (χ3n) is 2.61. The van der Waals surface area contributed by atoms with Gasteiger partial charge in [-0.05, 0) is 12.8 Å². The Kier molecular flexibility index (Phi) is 4.35. The van der Waals surface area contributed by atoms with Crippen LogP contribution in [0.15, 0.2) is 0 Å². The molecule has 0 saturated carbocycles. The van der Waals surface area contributed by atoms with E-state index < -0.39 is 0 Å². The van der Waals surface area contributed by atoms with E-state index in [4.69, 9.17) is 5.73 Å². The lowest BCUT2D eigenvalue weighted by Gasteiger charge is -2.18. The summed E-state index contributed by atoms with van der Waals surface area (Å²) in [7, 11) is 0. The van der Waals surface area contributed by atoms with Crippen molar-refractivity contribution in [2.24, 2.45) is 5.73 Å². The minimum absolute atomic E-state index is 0.0229. The number of nitrogens with two attached hydrogens (primary N) is 1. The number of carbonyl (C=O) groups is 1. The molecule has 0 aromatic carbocycles.